The zero-order valence-electron chi connectivity index (χ0n) is 10.2. The molecule has 1 aliphatic rings. The number of morpholine rings is 1. The Labute approximate surface area is 109 Å². The van der Waals surface area contributed by atoms with Gasteiger partial charge in [0.1, 0.15) is 11.4 Å². The van der Waals surface area contributed by atoms with E-state index in [-0.39, 0.29) is 11.7 Å². The molecular formula is C13H13N3O3. The van der Waals surface area contributed by atoms with Crippen molar-refractivity contribution in [3.05, 3.63) is 30.1 Å². The molecule has 3 rings (SSSR count). The van der Waals surface area contributed by atoms with Crippen LogP contribution in [0.4, 0.5) is 0 Å². The molecule has 0 atom stereocenters. The van der Waals surface area contributed by atoms with Crippen molar-refractivity contribution in [3.63, 3.8) is 0 Å². The average Bonchev–Trinajstić information content (AvgIpc) is 2.47. The molecule has 0 spiro atoms. The van der Waals surface area contributed by atoms with Crippen molar-refractivity contribution in [2.75, 3.05) is 26.3 Å². The van der Waals surface area contributed by atoms with Crippen LogP contribution in [-0.4, -0.2) is 52.2 Å². The number of amides is 1. The predicted octanol–water partition coefficient (Wildman–Crippen LogP) is 0.808. The first-order valence-corrected chi connectivity index (χ1v) is 6.07. The van der Waals surface area contributed by atoms with Gasteiger partial charge in [-0.05, 0) is 12.1 Å². The highest BCUT2D eigenvalue weighted by molar-refractivity contribution is 5.94. The summed E-state index contributed by atoms with van der Waals surface area (Å²) in [7, 11) is 0. The number of phenolic OH excluding ortho intramolecular Hbond substituents is 1. The van der Waals surface area contributed by atoms with Gasteiger partial charge >= 0.3 is 0 Å². The predicted molar refractivity (Wildman–Crippen MR) is 67.9 cm³/mol. The van der Waals surface area contributed by atoms with E-state index in [1.54, 1.807) is 11.0 Å². The highest BCUT2D eigenvalue weighted by atomic mass is 16.5. The molecule has 0 aliphatic carbocycles. The largest absolute Gasteiger partial charge is 0.508 e. The molecule has 2 heterocycles. The van der Waals surface area contributed by atoms with E-state index in [0.717, 1.165) is 0 Å². The molecule has 1 saturated heterocycles. The van der Waals surface area contributed by atoms with E-state index in [1.807, 2.05) is 0 Å². The fraction of sp³-hybridized carbons (Fsp3) is 0.308. The Hall–Kier alpha value is -2.21. The van der Waals surface area contributed by atoms with E-state index in [9.17, 15) is 9.90 Å². The molecule has 1 aromatic heterocycles. The lowest BCUT2D eigenvalue weighted by molar-refractivity contribution is 0.0299. The Kier molecular flexibility index (Phi) is 3.00. The Bertz CT molecular complexity index is 624. The van der Waals surface area contributed by atoms with E-state index >= 15 is 0 Å². The van der Waals surface area contributed by atoms with Crippen LogP contribution in [-0.2, 0) is 4.74 Å². The average molecular weight is 259 g/mol. The Morgan fingerprint density at radius 3 is 2.84 bits per heavy atom. The molecule has 0 bridgehead atoms. The van der Waals surface area contributed by atoms with Gasteiger partial charge in [-0.3, -0.25) is 9.78 Å². The standard InChI is InChI=1S/C13H13N3O3/c17-9-1-2-10-11(7-9)14-8-12(15-10)13(18)16-3-5-19-6-4-16/h1-2,7-8,17H,3-6H2. The van der Waals surface area contributed by atoms with Crippen molar-refractivity contribution < 1.29 is 14.6 Å². The molecule has 2 aromatic rings. The number of nitrogens with zero attached hydrogens (tertiary/aromatic N) is 3. The second kappa shape index (κ2) is 4.81. The third-order valence-electron chi connectivity index (χ3n) is 3.04. The van der Waals surface area contributed by atoms with Gasteiger partial charge < -0.3 is 14.7 Å². The lowest BCUT2D eigenvalue weighted by Crippen LogP contribution is -2.41. The minimum Gasteiger partial charge on any atom is -0.508 e. The summed E-state index contributed by atoms with van der Waals surface area (Å²) in [5, 5.41) is 9.36. The van der Waals surface area contributed by atoms with Crippen molar-refractivity contribution in [1.82, 2.24) is 14.9 Å². The van der Waals surface area contributed by atoms with Crippen LogP contribution in [0.3, 0.4) is 0 Å². The fourth-order valence-electron chi connectivity index (χ4n) is 2.03. The maximum absolute atomic E-state index is 12.2. The van der Waals surface area contributed by atoms with E-state index in [1.165, 1.54) is 18.3 Å². The molecule has 1 fully saturated rings. The molecule has 0 radical (unpaired) electrons. The second-order valence-electron chi connectivity index (χ2n) is 4.33. The number of hydrogen-bond acceptors (Lipinski definition) is 5. The zero-order valence-corrected chi connectivity index (χ0v) is 10.2. The molecule has 1 N–H and O–H groups in total. The highest BCUT2D eigenvalue weighted by Gasteiger charge is 2.20. The van der Waals surface area contributed by atoms with E-state index in [2.05, 4.69) is 9.97 Å². The second-order valence-corrected chi connectivity index (χ2v) is 4.33. The molecule has 6 heteroatoms. The van der Waals surface area contributed by atoms with Crippen molar-refractivity contribution in [3.8, 4) is 5.75 Å². The lowest BCUT2D eigenvalue weighted by Gasteiger charge is -2.26. The van der Waals surface area contributed by atoms with Crippen LogP contribution in [0.25, 0.3) is 11.0 Å². The topological polar surface area (TPSA) is 75.5 Å². The van der Waals surface area contributed by atoms with Crippen molar-refractivity contribution in [1.29, 1.82) is 0 Å². The van der Waals surface area contributed by atoms with Crippen molar-refractivity contribution >= 4 is 16.9 Å². The van der Waals surface area contributed by atoms with Gasteiger partial charge in [-0.2, -0.15) is 0 Å². The molecule has 6 nitrogen and oxygen atoms in total. The summed E-state index contributed by atoms with van der Waals surface area (Å²) >= 11 is 0. The molecule has 19 heavy (non-hydrogen) atoms. The number of fused-ring (bicyclic) bond motifs is 1. The van der Waals surface area contributed by atoms with Gasteiger partial charge in [0.05, 0.1) is 30.4 Å². The van der Waals surface area contributed by atoms with Gasteiger partial charge in [0, 0.05) is 19.2 Å². The highest BCUT2D eigenvalue weighted by Crippen LogP contribution is 2.17. The van der Waals surface area contributed by atoms with Crippen LogP contribution in [0.5, 0.6) is 5.75 Å². The minimum absolute atomic E-state index is 0.133. The number of hydrogen-bond donors (Lipinski definition) is 1. The Balaban J connectivity index is 1.92. The SMILES string of the molecule is O=C(c1cnc2cc(O)ccc2n1)N1CCOCC1. The van der Waals surface area contributed by atoms with Crippen LogP contribution in [0.2, 0.25) is 0 Å². The molecule has 0 saturated carbocycles. The van der Waals surface area contributed by atoms with Crippen LogP contribution in [0, 0.1) is 0 Å². The van der Waals surface area contributed by atoms with Crippen LogP contribution >= 0.6 is 0 Å². The molecule has 1 aromatic carbocycles. The summed E-state index contributed by atoms with van der Waals surface area (Å²) in [5.74, 6) is -0.000157. The van der Waals surface area contributed by atoms with Crippen LogP contribution < -0.4 is 0 Å². The van der Waals surface area contributed by atoms with Gasteiger partial charge in [0.2, 0.25) is 0 Å². The first-order chi connectivity index (χ1) is 9.24. The Morgan fingerprint density at radius 1 is 1.26 bits per heavy atom. The number of benzene rings is 1. The minimum atomic E-state index is -0.134. The van der Waals surface area contributed by atoms with Gasteiger partial charge in [0.15, 0.2) is 0 Å². The summed E-state index contributed by atoms with van der Waals surface area (Å²) in [5.41, 5.74) is 1.48. The first kappa shape index (κ1) is 11.9. The van der Waals surface area contributed by atoms with E-state index < -0.39 is 0 Å². The fourth-order valence-corrected chi connectivity index (χ4v) is 2.03. The molecule has 1 amide bonds. The third kappa shape index (κ3) is 2.34. The maximum atomic E-state index is 12.2. The summed E-state index contributed by atoms with van der Waals surface area (Å²) < 4.78 is 5.21. The van der Waals surface area contributed by atoms with Crippen molar-refractivity contribution in [2.24, 2.45) is 0 Å². The van der Waals surface area contributed by atoms with Gasteiger partial charge in [-0.15, -0.1) is 0 Å². The number of carbonyl (C=O) groups is 1. The van der Waals surface area contributed by atoms with Gasteiger partial charge in [-0.1, -0.05) is 0 Å². The summed E-state index contributed by atoms with van der Waals surface area (Å²) in [6.45, 7) is 2.27. The zero-order chi connectivity index (χ0) is 13.2. The number of phenols is 1. The van der Waals surface area contributed by atoms with E-state index in [0.29, 0.717) is 43.0 Å². The molecule has 1 aliphatic heterocycles. The quantitative estimate of drug-likeness (QED) is 0.820. The van der Waals surface area contributed by atoms with E-state index in [4.69, 9.17) is 4.74 Å². The lowest BCUT2D eigenvalue weighted by atomic mass is 10.2. The third-order valence-corrected chi connectivity index (χ3v) is 3.04. The van der Waals surface area contributed by atoms with Crippen molar-refractivity contribution in [2.45, 2.75) is 0 Å². The maximum Gasteiger partial charge on any atom is 0.274 e. The summed E-state index contributed by atoms with van der Waals surface area (Å²) in [6.07, 6.45) is 1.44. The number of aromatic nitrogens is 2. The molecule has 0 unspecified atom stereocenters. The molecule has 98 valence electrons. The monoisotopic (exact) mass is 259 g/mol. The summed E-state index contributed by atoms with van der Waals surface area (Å²) in [4.78, 5) is 22.4. The van der Waals surface area contributed by atoms with Gasteiger partial charge in [0.25, 0.3) is 5.91 Å². The van der Waals surface area contributed by atoms with Crippen LogP contribution in [0.1, 0.15) is 10.5 Å². The number of rotatable bonds is 1. The number of carbonyl (C=O) groups excluding carboxylic acids is 1. The summed E-state index contributed by atoms with van der Waals surface area (Å²) in [6, 6.07) is 4.69. The first-order valence-electron chi connectivity index (χ1n) is 6.07. The Morgan fingerprint density at radius 2 is 2.05 bits per heavy atom. The smallest absolute Gasteiger partial charge is 0.274 e. The van der Waals surface area contributed by atoms with Crippen LogP contribution in [0.15, 0.2) is 24.4 Å². The van der Waals surface area contributed by atoms with Gasteiger partial charge in [-0.25, -0.2) is 4.98 Å². The number of aromatic hydroxyl groups is 1. The normalized spacial score (nSPS) is 15.7. The molecular weight excluding hydrogens is 246 g/mol. The number of ether oxygens (including phenoxy) is 1.